The summed E-state index contributed by atoms with van der Waals surface area (Å²) in [5, 5.41) is 12.9. The number of hydrogen-bond donors (Lipinski definition) is 2. The lowest BCUT2D eigenvalue weighted by molar-refractivity contribution is 0.0562. The van der Waals surface area contributed by atoms with Crippen LogP contribution in [0.15, 0.2) is 16.5 Å². The molecule has 1 atom stereocenters. The van der Waals surface area contributed by atoms with Crippen molar-refractivity contribution in [2.75, 3.05) is 13.7 Å². The lowest BCUT2D eigenvalue weighted by Crippen LogP contribution is -2.29. The van der Waals surface area contributed by atoms with Crippen molar-refractivity contribution in [3.05, 3.63) is 23.7 Å². The molecule has 2 N–H and O–H groups in total. The van der Waals surface area contributed by atoms with Crippen LogP contribution >= 0.6 is 0 Å². The number of esters is 1. The van der Waals surface area contributed by atoms with Gasteiger partial charge in [-0.2, -0.15) is 0 Å². The van der Waals surface area contributed by atoms with E-state index in [1.807, 2.05) is 6.92 Å². The molecule has 5 heteroatoms. The Morgan fingerprint density at radius 3 is 2.80 bits per heavy atom. The van der Waals surface area contributed by atoms with E-state index in [2.05, 4.69) is 10.1 Å². The SMILES string of the molecule is COC(=O)c1ccc(C(C)NCC2CCC(O)CC2)o1. The molecule has 1 fully saturated rings. The van der Waals surface area contributed by atoms with Gasteiger partial charge < -0.3 is 19.6 Å². The zero-order chi connectivity index (χ0) is 14.5. The molecule has 1 unspecified atom stereocenters. The van der Waals surface area contributed by atoms with E-state index in [0.717, 1.165) is 38.0 Å². The standard InChI is InChI=1S/C15H23NO4/c1-10(13-7-8-14(20-13)15(18)19-2)16-9-11-3-5-12(17)6-4-11/h7-8,10-12,16-17H,3-6,9H2,1-2H3. The van der Waals surface area contributed by atoms with Gasteiger partial charge in [-0.1, -0.05) is 0 Å². The molecule has 1 aromatic heterocycles. The molecular weight excluding hydrogens is 258 g/mol. The molecule has 0 amide bonds. The fraction of sp³-hybridized carbons (Fsp3) is 0.667. The van der Waals surface area contributed by atoms with Gasteiger partial charge in [-0.3, -0.25) is 0 Å². The highest BCUT2D eigenvalue weighted by Crippen LogP contribution is 2.24. The number of ether oxygens (including phenoxy) is 1. The highest BCUT2D eigenvalue weighted by molar-refractivity contribution is 5.86. The molecule has 1 aliphatic rings. The second-order valence-corrected chi connectivity index (χ2v) is 5.50. The van der Waals surface area contributed by atoms with E-state index in [4.69, 9.17) is 4.42 Å². The first-order valence-corrected chi connectivity index (χ1v) is 7.19. The summed E-state index contributed by atoms with van der Waals surface area (Å²) in [7, 11) is 1.34. The maximum atomic E-state index is 11.3. The summed E-state index contributed by atoms with van der Waals surface area (Å²) in [5.41, 5.74) is 0. The highest BCUT2D eigenvalue weighted by atomic mass is 16.5. The fourth-order valence-electron chi connectivity index (χ4n) is 2.59. The maximum Gasteiger partial charge on any atom is 0.373 e. The molecule has 5 nitrogen and oxygen atoms in total. The number of aliphatic hydroxyl groups is 1. The van der Waals surface area contributed by atoms with Crippen molar-refractivity contribution in [3.8, 4) is 0 Å². The third-order valence-electron chi connectivity index (χ3n) is 3.97. The van der Waals surface area contributed by atoms with E-state index in [0.29, 0.717) is 5.92 Å². The van der Waals surface area contributed by atoms with Crippen LogP contribution in [0.5, 0.6) is 0 Å². The number of furan rings is 1. The Labute approximate surface area is 119 Å². The number of hydrogen-bond acceptors (Lipinski definition) is 5. The number of methoxy groups -OCH3 is 1. The van der Waals surface area contributed by atoms with Crippen LogP contribution in [0.1, 0.15) is 55.0 Å². The topological polar surface area (TPSA) is 71.7 Å². The summed E-state index contributed by atoms with van der Waals surface area (Å²) in [6, 6.07) is 3.49. The van der Waals surface area contributed by atoms with Crippen LogP contribution in [0.25, 0.3) is 0 Å². The molecule has 1 aromatic rings. The van der Waals surface area contributed by atoms with Crippen molar-refractivity contribution in [1.29, 1.82) is 0 Å². The number of aliphatic hydroxyl groups excluding tert-OH is 1. The minimum atomic E-state index is -0.454. The Morgan fingerprint density at radius 1 is 1.45 bits per heavy atom. The van der Waals surface area contributed by atoms with Gasteiger partial charge in [-0.25, -0.2) is 4.79 Å². The Hall–Kier alpha value is -1.33. The zero-order valence-corrected chi connectivity index (χ0v) is 12.1. The van der Waals surface area contributed by atoms with Gasteiger partial charge in [0.2, 0.25) is 5.76 Å². The molecule has 1 saturated carbocycles. The van der Waals surface area contributed by atoms with Crippen molar-refractivity contribution < 1.29 is 19.1 Å². The first kappa shape index (κ1) is 15.1. The molecule has 0 bridgehead atoms. The third-order valence-corrected chi connectivity index (χ3v) is 3.97. The van der Waals surface area contributed by atoms with Crippen LogP contribution in [0, 0.1) is 5.92 Å². The van der Waals surface area contributed by atoms with E-state index in [1.165, 1.54) is 7.11 Å². The summed E-state index contributed by atoms with van der Waals surface area (Å²) in [6.07, 6.45) is 3.80. The van der Waals surface area contributed by atoms with Gasteiger partial charge in [0.05, 0.1) is 19.3 Å². The second-order valence-electron chi connectivity index (χ2n) is 5.50. The Balaban J connectivity index is 1.81. The number of rotatable bonds is 5. The fourth-order valence-corrected chi connectivity index (χ4v) is 2.59. The molecule has 2 rings (SSSR count). The maximum absolute atomic E-state index is 11.3. The van der Waals surface area contributed by atoms with Gasteiger partial charge in [0.1, 0.15) is 5.76 Å². The van der Waals surface area contributed by atoms with Crippen LogP contribution in [0.4, 0.5) is 0 Å². The van der Waals surface area contributed by atoms with Gasteiger partial charge in [0, 0.05) is 0 Å². The predicted octanol–water partition coefficient (Wildman–Crippen LogP) is 2.27. The summed E-state index contributed by atoms with van der Waals surface area (Å²) < 4.78 is 10.1. The van der Waals surface area contributed by atoms with Crippen molar-refractivity contribution in [1.82, 2.24) is 5.32 Å². The van der Waals surface area contributed by atoms with E-state index in [-0.39, 0.29) is 17.9 Å². The Kier molecular flexibility index (Phi) is 5.20. The lowest BCUT2D eigenvalue weighted by Gasteiger charge is -2.26. The number of carbonyl (C=O) groups is 1. The second kappa shape index (κ2) is 6.90. The summed E-state index contributed by atoms with van der Waals surface area (Å²) >= 11 is 0. The summed E-state index contributed by atoms with van der Waals surface area (Å²) in [6.45, 7) is 2.92. The summed E-state index contributed by atoms with van der Waals surface area (Å²) in [4.78, 5) is 11.3. The predicted molar refractivity (Wildman–Crippen MR) is 74.4 cm³/mol. The van der Waals surface area contributed by atoms with Gasteiger partial charge >= 0.3 is 5.97 Å². The molecule has 0 aliphatic heterocycles. The van der Waals surface area contributed by atoms with E-state index in [9.17, 15) is 9.90 Å². The molecule has 1 heterocycles. The van der Waals surface area contributed by atoms with Gasteiger partial charge in [0.25, 0.3) is 0 Å². The Bertz CT molecular complexity index is 435. The zero-order valence-electron chi connectivity index (χ0n) is 12.1. The molecule has 0 saturated heterocycles. The highest BCUT2D eigenvalue weighted by Gasteiger charge is 2.21. The minimum absolute atomic E-state index is 0.0558. The molecule has 20 heavy (non-hydrogen) atoms. The average molecular weight is 281 g/mol. The first-order valence-electron chi connectivity index (χ1n) is 7.19. The molecule has 1 aliphatic carbocycles. The van der Waals surface area contributed by atoms with Crippen LogP contribution < -0.4 is 5.32 Å². The first-order chi connectivity index (χ1) is 9.60. The Morgan fingerprint density at radius 2 is 2.15 bits per heavy atom. The molecular formula is C15H23NO4. The monoisotopic (exact) mass is 281 g/mol. The van der Waals surface area contributed by atoms with Crippen LogP contribution in [-0.2, 0) is 4.74 Å². The van der Waals surface area contributed by atoms with Gasteiger partial charge in [-0.15, -0.1) is 0 Å². The van der Waals surface area contributed by atoms with Crippen molar-refractivity contribution in [3.63, 3.8) is 0 Å². The number of nitrogens with one attached hydrogen (secondary N) is 1. The quantitative estimate of drug-likeness (QED) is 0.810. The van der Waals surface area contributed by atoms with Gasteiger partial charge in [-0.05, 0) is 57.2 Å². The van der Waals surface area contributed by atoms with Crippen molar-refractivity contribution >= 4 is 5.97 Å². The minimum Gasteiger partial charge on any atom is -0.463 e. The van der Waals surface area contributed by atoms with Crippen molar-refractivity contribution in [2.45, 2.75) is 44.8 Å². The molecule has 112 valence electrons. The van der Waals surface area contributed by atoms with Crippen molar-refractivity contribution in [2.24, 2.45) is 5.92 Å². The average Bonchev–Trinajstić information content (AvgIpc) is 2.95. The van der Waals surface area contributed by atoms with E-state index < -0.39 is 5.97 Å². The molecule has 0 aromatic carbocycles. The normalized spacial score (nSPS) is 24.4. The van der Waals surface area contributed by atoms with Crippen LogP contribution in [-0.4, -0.2) is 30.8 Å². The lowest BCUT2D eigenvalue weighted by atomic mass is 9.87. The van der Waals surface area contributed by atoms with Crippen LogP contribution in [0.3, 0.4) is 0 Å². The summed E-state index contributed by atoms with van der Waals surface area (Å²) in [5.74, 6) is 1.12. The smallest absolute Gasteiger partial charge is 0.373 e. The molecule has 0 radical (unpaired) electrons. The van der Waals surface area contributed by atoms with E-state index >= 15 is 0 Å². The van der Waals surface area contributed by atoms with Crippen LogP contribution in [0.2, 0.25) is 0 Å². The van der Waals surface area contributed by atoms with E-state index in [1.54, 1.807) is 12.1 Å². The number of carbonyl (C=O) groups excluding carboxylic acids is 1. The molecule has 0 spiro atoms. The largest absolute Gasteiger partial charge is 0.463 e. The third kappa shape index (κ3) is 3.84. The van der Waals surface area contributed by atoms with Gasteiger partial charge in [0.15, 0.2) is 0 Å².